The van der Waals surface area contributed by atoms with Gasteiger partial charge in [-0.25, -0.2) is 4.79 Å². The molecule has 6 nitrogen and oxygen atoms in total. The summed E-state index contributed by atoms with van der Waals surface area (Å²) in [5, 5.41) is 11.0. The van der Waals surface area contributed by atoms with Crippen LogP contribution in [0.4, 0.5) is 0 Å². The molecule has 0 bridgehead atoms. The molecule has 0 saturated carbocycles. The van der Waals surface area contributed by atoms with Gasteiger partial charge in [0, 0.05) is 16.8 Å². The number of aromatic nitrogens is 1. The van der Waals surface area contributed by atoms with Gasteiger partial charge in [-0.2, -0.15) is 0 Å². The van der Waals surface area contributed by atoms with Crippen LogP contribution in [-0.2, 0) is 4.74 Å². The maximum Gasteiger partial charge on any atom is 0.344 e. The highest BCUT2D eigenvalue weighted by Crippen LogP contribution is 2.39. The maximum atomic E-state index is 13.3. The van der Waals surface area contributed by atoms with Crippen LogP contribution < -0.4 is 0 Å². The van der Waals surface area contributed by atoms with Crippen LogP contribution in [0.3, 0.4) is 0 Å². The van der Waals surface area contributed by atoms with Gasteiger partial charge in [0.25, 0.3) is 0 Å². The number of fused-ring (bicyclic) bond motifs is 2. The van der Waals surface area contributed by atoms with Crippen LogP contribution in [0.25, 0.3) is 5.69 Å². The van der Waals surface area contributed by atoms with Crippen LogP contribution in [0.1, 0.15) is 60.4 Å². The molecule has 4 rings (SSSR count). The van der Waals surface area contributed by atoms with Crippen molar-refractivity contribution in [3.63, 3.8) is 0 Å². The molecule has 1 aliphatic rings. The second-order valence-electron chi connectivity index (χ2n) is 6.95. The van der Waals surface area contributed by atoms with Crippen molar-refractivity contribution in [2.45, 2.75) is 20.8 Å². The molecule has 0 spiro atoms. The lowest BCUT2D eigenvalue weighted by atomic mass is 9.86. The summed E-state index contributed by atoms with van der Waals surface area (Å²) in [5.74, 6) is -2.24. The van der Waals surface area contributed by atoms with Crippen LogP contribution in [0.5, 0.6) is 5.88 Å². The Morgan fingerprint density at radius 3 is 2.28 bits per heavy atom. The Kier molecular flexibility index (Phi) is 4.34. The van der Waals surface area contributed by atoms with Crippen molar-refractivity contribution in [3.05, 3.63) is 81.5 Å². The summed E-state index contributed by atoms with van der Waals surface area (Å²) < 4.78 is 6.33. The third-order valence-electron chi connectivity index (χ3n) is 5.23. The maximum absolute atomic E-state index is 13.3. The predicted molar refractivity (Wildman–Crippen MR) is 106 cm³/mol. The molecule has 1 aliphatic carbocycles. The van der Waals surface area contributed by atoms with Crippen LogP contribution in [0, 0.1) is 13.8 Å². The van der Waals surface area contributed by atoms with Crippen molar-refractivity contribution in [2.24, 2.45) is 0 Å². The van der Waals surface area contributed by atoms with Crippen LogP contribution >= 0.6 is 0 Å². The lowest BCUT2D eigenvalue weighted by molar-refractivity contribution is 0.0520. The quantitative estimate of drug-likeness (QED) is 0.540. The number of hydrogen-bond acceptors (Lipinski definition) is 5. The van der Waals surface area contributed by atoms with Gasteiger partial charge >= 0.3 is 5.97 Å². The van der Waals surface area contributed by atoms with Gasteiger partial charge < -0.3 is 9.84 Å². The number of nitrogens with zero attached hydrogens (tertiary/aromatic N) is 1. The summed E-state index contributed by atoms with van der Waals surface area (Å²) in [4.78, 5) is 39.1. The van der Waals surface area contributed by atoms with Gasteiger partial charge in [-0.15, -0.1) is 0 Å². The molecule has 0 atom stereocenters. The minimum Gasteiger partial charge on any atom is -0.494 e. The number of benzene rings is 2. The molecule has 0 unspecified atom stereocenters. The van der Waals surface area contributed by atoms with E-state index in [2.05, 4.69) is 0 Å². The molecule has 1 aromatic heterocycles. The van der Waals surface area contributed by atoms with Crippen molar-refractivity contribution in [1.29, 1.82) is 0 Å². The van der Waals surface area contributed by atoms with E-state index < -0.39 is 23.4 Å². The molecular formula is C23H19NO5. The first-order valence-electron chi connectivity index (χ1n) is 9.27. The molecule has 1 heterocycles. The number of rotatable bonds is 3. The van der Waals surface area contributed by atoms with Gasteiger partial charge in [-0.1, -0.05) is 30.3 Å². The van der Waals surface area contributed by atoms with E-state index in [1.54, 1.807) is 37.3 Å². The second kappa shape index (κ2) is 6.74. The number of ether oxygens (including phenoxy) is 1. The van der Waals surface area contributed by atoms with E-state index in [4.69, 9.17) is 4.74 Å². The highest BCUT2D eigenvalue weighted by atomic mass is 16.5. The molecular weight excluding hydrogens is 370 g/mol. The minimum absolute atomic E-state index is 0.0301. The first-order chi connectivity index (χ1) is 13.9. The molecule has 0 saturated heterocycles. The lowest BCUT2D eigenvalue weighted by Crippen LogP contribution is -2.23. The van der Waals surface area contributed by atoms with E-state index in [9.17, 15) is 19.5 Å². The van der Waals surface area contributed by atoms with Crippen LogP contribution in [0.15, 0.2) is 42.5 Å². The molecule has 3 aromatic rings. The fourth-order valence-electron chi connectivity index (χ4n) is 3.65. The number of aryl methyl sites for hydroxylation is 2. The molecule has 29 heavy (non-hydrogen) atoms. The summed E-state index contributed by atoms with van der Waals surface area (Å²) in [6.45, 7) is 5.55. The standard InChI is InChI=1S/C23H19NO5/c1-4-29-23(28)18-17-19(21(26)16-8-6-5-7-15(16)20(17)25)24(22(18)27)14-10-9-12(2)13(3)11-14/h5-11,27H,4H2,1-3H3. The van der Waals surface area contributed by atoms with Gasteiger partial charge in [0.15, 0.2) is 5.78 Å². The number of carbonyl (C=O) groups is 3. The first kappa shape index (κ1) is 18.7. The average molecular weight is 389 g/mol. The summed E-state index contributed by atoms with van der Waals surface area (Å²) in [6, 6.07) is 11.8. The summed E-state index contributed by atoms with van der Waals surface area (Å²) in [5.41, 5.74) is 2.46. The van der Waals surface area contributed by atoms with Crippen molar-refractivity contribution < 1.29 is 24.2 Å². The van der Waals surface area contributed by atoms with Crippen molar-refractivity contribution in [3.8, 4) is 11.6 Å². The summed E-state index contributed by atoms with van der Waals surface area (Å²) in [7, 11) is 0. The van der Waals surface area contributed by atoms with Gasteiger partial charge in [0.2, 0.25) is 11.7 Å². The van der Waals surface area contributed by atoms with Gasteiger partial charge in [-0.05, 0) is 44.0 Å². The Hall–Kier alpha value is -3.67. The van der Waals surface area contributed by atoms with E-state index in [-0.39, 0.29) is 34.6 Å². The number of aromatic hydroxyl groups is 1. The molecule has 2 aromatic carbocycles. The smallest absolute Gasteiger partial charge is 0.344 e. The zero-order chi connectivity index (χ0) is 20.9. The first-order valence-corrected chi connectivity index (χ1v) is 9.27. The Labute approximate surface area is 167 Å². The Balaban J connectivity index is 2.08. The van der Waals surface area contributed by atoms with E-state index >= 15 is 0 Å². The molecule has 0 radical (unpaired) electrons. The molecule has 0 fully saturated rings. The number of esters is 1. The topological polar surface area (TPSA) is 85.6 Å². The average Bonchev–Trinajstić information content (AvgIpc) is 3.02. The molecule has 0 aliphatic heterocycles. The highest BCUT2D eigenvalue weighted by Gasteiger charge is 2.41. The van der Waals surface area contributed by atoms with Gasteiger partial charge in [0.05, 0.1) is 12.2 Å². The fraction of sp³-hybridized carbons (Fsp3) is 0.174. The highest BCUT2D eigenvalue weighted by molar-refractivity contribution is 6.31. The SMILES string of the molecule is CCOC(=O)c1c2c(n(-c3ccc(C)c(C)c3)c1O)C(=O)c1ccccc1C2=O. The van der Waals surface area contributed by atoms with E-state index in [0.717, 1.165) is 11.1 Å². The molecule has 6 heteroatoms. The van der Waals surface area contributed by atoms with E-state index in [1.807, 2.05) is 19.9 Å². The fourth-order valence-corrected chi connectivity index (χ4v) is 3.65. The Morgan fingerprint density at radius 1 is 1.00 bits per heavy atom. The van der Waals surface area contributed by atoms with E-state index in [0.29, 0.717) is 5.69 Å². The monoisotopic (exact) mass is 389 g/mol. The second-order valence-corrected chi connectivity index (χ2v) is 6.95. The van der Waals surface area contributed by atoms with Gasteiger partial charge in [0.1, 0.15) is 11.3 Å². The van der Waals surface area contributed by atoms with Crippen molar-refractivity contribution in [2.75, 3.05) is 6.61 Å². The summed E-state index contributed by atoms with van der Waals surface area (Å²) >= 11 is 0. The number of ketones is 2. The van der Waals surface area contributed by atoms with Crippen molar-refractivity contribution >= 4 is 17.5 Å². The Morgan fingerprint density at radius 2 is 1.66 bits per heavy atom. The normalized spacial score (nSPS) is 12.5. The number of carbonyl (C=O) groups excluding carboxylic acids is 3. The summed E-state index contributed by atoms with van der Waals surface area (Å²) in [6.07, 6.45) is 0. The third kappa shape index (κ3) is 2.68. The minimum atomic E-state index is -0.843. The lowest BCUT2D eigenvalue weighted by Gasteiger charge is -2.17. The number of hydrogen-bond donors (Lipinski definition) is 1. The zero-order valence-electron chi connectivity index (χ0n) is 16.3. The third-order valence-corrected chi connectivity index (χ3v) is 5.23. The zero-order valence-corrected chi connectivity index (χ0v) is 16.3. The van der Waals surface area contributed by atoms with Crippen LogP contribution in [-0.4, -0.2) is 33.8 Å². The predicted octanol–water partition coefficient (Wildman–Crippen LogP) is 3.75. The van der Waals surface area contributed by atoms with E-state index in [1.165, 1.54) is 10.6 Å². The van der Waals surface area contributed by atoms with Crippen molar-refractivity contribution in [1.82, 2.24) is 4.57 Å². The molecule has 146 valence electrons. The molecule has 0 amide bonds. The van der Waals surface area contributed by atoms with Crippen LogP contribution in [0.2, 0.25) is 0 Å². The van der Waals surface area contributed by atoms with Gasteiger partial charge in [-0.3, -0.25) is 14.2 Å². The Bertz CT molecular complexity index is 1200. The largest absolute Gasteiger partial charge is 0.494 e. The molecule has 1 N–H and O–H groups in total.